The molecule has 0 saturated heterocycles. The number of H-pyrrole nitrogens is 2. The minimum Gasteiger partial charge on any atom is -0.354 e. The van der Waals surface area contributed by atoms with E-state index in [0.717, 1.165) is 77.0 Å². The summed E-state index contributed by atoms with van der Waals surface area (Å²) >= 11 is 0. The van der Waals surface area contributed by atoms with Crippen LogP contribution in [-0.2, 0) is 51.4 Å². The number of rotatable bonds is 8. The highest BCUT2D eigenvalue weighted by molar-refractivity contribution is 6.00. The van der Waals surface area contributed by atoms with Gasteiger partial charge in [-0.1, -0.05) is 53.4 Å². The van der Waals surface area contributed by atoms with Crippen LogP contribution in [0.15, 0.2) is 0 Å². The Hall–Kier alpha value is -3.40. The summed E-state index contributed by atoms with van der Waals surface area (Å²) in [7, 11) is 0. The van der Waals surface area contributed by atoms with Gasteiger partial charge in [-0.15, -0.1) is 0 Å². The molecule has 3 aromatic heterocycles. The van der Waals surface area contributed by atoms with Crippen molar-refractivity contribution in [3.8, 4) is 0 Å². The molecule has 6 aliphatic rings. The SMILES string of the molecule is CCCC1=C2CCCc3c2nc1c1c2nc(c4c5[nH]c(c(CCC)c5CCC4)c4c5[nH]c3c(CCC)c5CCC4)C(CCC)=C2CCC1. The largest absolute Gasteiger partial charge is 0.354 e. The zero-order valence-corrected chi connectivity index (χ0v) is 30.0. The Morgan fingerprint density at radius 2 is 0.792 bits per heavy atom. The summed E-state index contributed by atoms with van der Waals surface area (Å²) in [4.78, 5) is 20.0. The lowest BCUT2D eigenvalue weighted by Crippen LogP contribution is -2.05. The lowest BCUT2D eigenvalue weighted by atomic mass is 9.83. The Morgan fingerprint density at radius 3 is 1.35 bits per heavy atom. The summed E-state index contributed by atoms with van der Waals surface area (Å²) in [6.45, 7) is 9.44. The molecule has 8 bridgehead atoms. The van der Waals surface area contributed by atoms with Crippen molar-refractivity contribution in [2.75, 3.05) is 0 Å². The summed E-state index contributed by atoms with van der Waals surface area (Å²) in [5.41, 5.74) is 29.6. The highest BCUT2D eigenvalue weighted by Crippen LogP contribution is 2.49. The van der Waals surface area contributed by atoms with Crippen molar-refractivity contribution < 1.29 is 0 Å². The van der Waals surface area contributed by atoms with Crippen LogP contribution in [0.25, 0.3) is 44.4 Å². The van der Waals surface area contributed by atoms with Crippen molar-refractivity contribution in [2.45, 2.75) is 156 Å². The third kappa shape index (κ3) is 4.46. The van der Waals surface area contributed by atoms with Crippen molar-refractivity contribution in [1.29, 1.82) is 0 Å². The molecule has 0 amide bonds. The van der Waals surface area contributed by atoms with Crippen molar-refractivity contribution in [1.82, 2.24) is 19.9 Å². The maximum atomic E-state index is 5.78. The van der Waals surface area contributed by atoms with Gasteiger partial charge in [0.25, 0.3) is 0 Å². The number of fused-ring (bicyclic) bond motifs is 8. The average molecular weight is 639 g/mol. The van der Waals surface area contributed by atoms with Crippen molar-refractivity contribution in [3.05, 3.63) is 67.3 Å². The smallest absolute Gasteiger partial charge is 0.0726 e. The number of aryl methyl sites for hydroxylation is 7. The number of hydrogen-bond acceptors (Lipinski definition) is 2. The van der Waals surface area contributed by atoms with Gasteiger partial charge in [-0.2, -0.15) is 0 Å². The second-order valence-corrected chi connectivity index (χ2v) is 15.5. The summed E-state index contributed by atoms with van der Waals surface area (Å²) in [5.74, 6) is 0. The van der Waals surface area contributed by atoms with E-state index in [4.69, 9.17) is 9.97 Å². The van der Waals surface area contributed by atoms with E-state index in [1.807, 2.05) is 0 Å². The van der Waals surface area contributed by atoms with Gasteiger partial charge in [0, 0.05) is 38.8 Å². The van der Waals surface area contributed by atoms with Crippen LogP contribution in [0.4, 0.5) is 0 Å². The molecule has 2 N–H and O–H groups in total. The maximum absolute atomic E-state index is 5.78. The number of hydrogen-bond donors (Lipinski definition) is 2. The minimum absolute atomic E-state index is 1.10. The Bertz CT molecular complexity index is 2080. The number of aromatic nitrogens is 4. The molecule has 4 aliphatic carbocycles. The zero-order valence-electron chi connectivity index (χ0n) is 30.0. The van der Waals surface area contributed by atoms with Crippen LogP contribution in [0.5, 0.6) is 0 Å². The molecule has 0 fully saturated rings. The first-order chi connectivity index (χ1) is 23.7. The molecule has 3 aromatic rings. The van der Waals surface area contributed by atoms with Crippen LogP contribution in [0, 0.1) is 0 Å². The highest BCUT2D eigenvalue weighted by Gasteiger charge is 2.34. The van der Waals surface area contributed by atoms with E-state index >= 15 is 0 Å². The van der Waals surface area contributed by atoms with Gasteiger partial charge >= 0.3 is 0 Å². The summed E-state index contributed by atoms with van der Waals surface area (Å²) in [5, 5.41) is 0. The van der Waals surface area contributed by atoms with Crippen LogP contribution >= 0.6 is 0 Å². The van der Waals surface area contributed by atoms with Crippen LogP contribution in [0.3, 0.4) is 0 Å². The number of allylic oxidation sites excluding steroid dienone is 4. The molecule has 0 unspecified atom stereocenters. The molecule has 9 rings (SSSR count). The van der Waals surface area contributed by atoms with E-state index in [2.05, 4.69) is 37.7 Å². The molecular formula is C44H54N4. The third-order valence-electron chi connectivity index (χ3n) is 12.5. The second-order valence-electron chi connectivity index (χ2n) is 15.5. The lowest BCUT2D eigenvalue weighted by molar-refractivity contribution is 0.785. The normalized spacial score (nSPS) is 17.9. The number of aromatic amines is 2. The maximum Gasteiger partial charge on any atom is 0.0726 e. The molecule has 0 atom stereocenters. The first-order valence-corrected chi connectivity index (χ1v) is 20.0. The monoisotopic (exact) mass is 638 g/mol. The Kier molecular flexibility index (Phi) is 7.78. The Balaban J connectivity index is 1.53. The molecule has 2 aliphatic heterocycles. The standard InChI is InChI=1S/C44H54N4/c1-5-13-25-29-17-9-22-34-38-27(15-7-3)31-19-11-24-36(43(31)47-38)40-28(16-8-4)32-20-12-23-35(44(32)48-40)39-26(14-6-2)30-18-10-21-33(42(30)46-39)37(25)45-41(29)34/h45-46H,5-24H2,1-4H3. The van der Waals surface area contributed by atoms with Gasteiger partial charge in [-0.25, -0.2) is 9.97 Å². The van der Waals surface area contributed by atoms with Gasteiger partial charge < -0.3 is 9.97 Å². The zero-order chi connectivity index (χ0) is 32.5. The summed E-state index contributed by atoms with van der Waals surface area (Å²) in [6, 6.07) is 0. The predicted octanol–water partition coefficient (Wildman–Crippen LogP) is 11.3. The lowest BCUT2D eigenvalue weighted by Gasteiger charge is -2.19. The summed E-state index contributed by atoms with van der Waals surface area (Å²) in [6.07, 6.45) is 23.3. The van der Waals surface area contributed by atoms with Crippen molar-refractivity contribution in [3.63, 3.8) is 0 Å². The average Bonchev–Trinajstić information content (AvgIpc) is 3.86. The first-order valence-electron chi connectivity index (χ1n) is 20.0. The topological polar surface area (TPSA) is 57.4 Å². The van der Waals surface area contributed by atoms with Gasteiger partial charge in [-0.3, -0.25) is 0 Å². The van der Waals surface area contributed by atoms with Crippen molar-refractivity contribution >= 4 is 44.4 Å². The fourth-order valence-electron chi connectivity index (χ4n) is 10.6. The molecule has 250 valence electrons. The fraction of sp³-hybridized carbons (Fsp3) is 0.545. The molecule has 48 heavy (non-hydrogen) atoms. The number of nitrogens with zero attached hydrogens (tertiary/aromatic N) is 2. The fourth-order valence-corrected chi connectivity index (χ4v) is 10.6. The quantitative estimate of drug-likeness (QED) is 0.258. The van der Waals surface area contributed by atoms with E-state index in [9.17, 15) is 0 Å². The predicted molar refractivity (Wildman–Crippen MR) is 202 cm³/mol. The van der Waals surface area contributed by atoms with Crippen LogP contribution in [-0.4, -0.2) is 19.9 Å². The van der Waals surface area contributed by atoms with E-state index in [0.29, 0.717) is 0 Å². The molecule has 0 aromatic carbocycles. The summed E-state index contributed by atoms with van der Waals surface area (Å²) < 4.78 is 0. The van der Waals surface area contributed by atoms with Crippen LogP contribution in [0.1, 0.15) is 172 Å². The first kappa shape index (κ1) is 30.6. The molecular weight excluding hydrogens is 585 g/mol. The van der Waals surface area contributed by atoms with Gasteiger partial charge in [0.15, 0.2) is 0 Å². The van der Waals surface area contributed by atoms with Crippen LogP contribution in [0.2, 0.25) is 0 Å². The molecule has 0 radical (unpaired) electrons. The van der Waals surface area contributed by atoms with Gasteiger partial charge in [0.05, 0.1) is 22.8 Å². The molecule has 4 nitrogen and oxygen atoms in total. The van der Waals surface area contributed by atoms with Crippen molar-refractivity contribution in [2.24, 2.45) is 0 Å². The minimum atomic E-state index is 1.10. The second kappa shape index (κ2) is 12.2. The third-order valence-corrected chi connectivity index (χ3v) is 12.5. The van der Waals surface area contributed by atoms with E-state index in [-0.39, 0.29) is 0 Å². The van der Waals surface area contributed by atoms with Gasteiger partial charge in [0.1, 0.15) is 0 Å². The Labute approximate surface area is 287 Å². The molecule has 0 saturated carbocycles. The van der Waals surface area contributed by atoms with Gasteiger partial charge in [-0.05, 0) is 153 Å². The Morgan fingerprint density at radius 1 is 0.396 bits per heavy atom. The molecule has 0 spiro atoms. The highest BCUT2D eigenvalue weighted by atomic mass is 14.8. The van der Waals surface area contributed by atoms with Gasteiger partial charge in [0.2, 0.25) is 0 Å². The van der Waals surface area contributed by atoms with E-state index < -0.39 is 0 Å². The van der Waals surface area contributed by atoms with Crippen LogP contribution < -0.4 is 0 Å². The molecule has 4 heteroatoms. The van der Waals surface area contributed by atoms with E-state index in [1.54, 1.807) is 50.1 Å². The van der Waals surface area contributed by atoms with E-state index in [1.165, 1.54) is 113 Å². The number of nitrogens with one attached hydrogen (secondary N) is 2. The molecule has 5 heterocycles.